The first-order valence-electron chi connectivity index (χ1n) is 6.58. The molecule has 0 unspecified atom stereocenters. The number of rotatable bonds is 3. The lowest BCUT2D eigenvalue weighted by Gasteiger charge is -2.13. The Kier molecular flexibility index (Phi) is 3.34. The molecule has 25 heavy (non-hydrogen) atoms. The summed E-state index contributed by atoms with van der Waals surface area (Å²) in [5, 5.41) is 33.7. The normalized spacial score (nSPS) is 13.8. The number of allylic oxidation sites excluding steroid dienone is 1. The maximum absolute atomic E-state index is 12.1. The average Bonchev–Trinajstić information content (AvgIpc) is 2.55. The molecule has 0 atom stereocenters. The Morgan fingerprint density at radius 2 is 1.36 bits per heavy atom. The van der Waals surface area contributed by atoms with Crippen molar-refractivity contribution in [1.29, 1.82) is 0 Å². The van der Waals surface area contributed by atoms with Crippen molar-refractivity contribution in [3.63, 3.8) is 0 Å². The lowest BCUT2D eigenvalue weighted by molar-refractivity contribution is -0.438. The van der Waals surface area contributed by atoms with Crippen LogP contribution in [0.15, 0.2) is 36.0 Å². The molecule has 0 heterocycles. The standard InChI is InChI=1S/C14H5N3O8/c18-13-7-5-4-6-2-1-3-8(15(20)21)9(6)10(7)11(16(22)23)12(14(13)19)17(24)25/h1-5H. The van der Waals surface area contributed by atoms with Gasteiger partial charge in [0.1, 0.15) is 0 Å². The zero-order valence-electron chi connectivity index (χ0n) is 12.0. The van der Waals surface area contributed by atoms with E-state index in [0.717, 1.165) is 12.1 Å². The van der Waals surface area contributed by atoms with Crippen molar-refractivity contribution in [3.05, 3.63) is 77.5 Å². The second-order valence-electron chi connectivity index (χ2n) is 4.99. The first kappa shape index (κ1) is 15.9. The number of carbonyl (C=O) groups is 2. The first-order valence-corrected chi connectivity index (χ1v) is 6.58. The van der Waals surface area contributed by atoms with E-state index in [1.807, 2.05) is 0 Å². The third-order valence-electron chi connectivity index (χ3n) is 3.71. The van der Waals surface area contributed by atoms with Gasteiger partial charge in [-0.1, -0.05) is 18.2 Å². The van der Waals surface area contributed by atoms with Crippen LogP contribution in [0.1, 0.15) is 15.9 Å². The maximum atomic E-state index is 12.1. The molecular weight excluding hydrogens is 338 g/mol. The number of hydrogen-bond donors (Lipinski definition) is 0. The molecule has 0 fully saturated rings. The van der Waals surface area contributed by atoms with Crippen molar-refractivity contribution < 1.29 is 24.4 Å². The molecule has 0 aromatic heterocycles. The molecule has 124 valence electrons. The highest BCUT2D eigenvalue weighted by molar-refractivity contribution is 6.52. The van der Waals surface area contributed by atoms with E-state index in [-0.39, 0.29) is 10.8 Å². The van der Waals surface area contributed by atoms with Crippen LogP contribution in [0.25, 0.3) is 16.5 Å². The zero-order chi connectivity index (χ0) is 18.5. The number of nitro groups is 3. The smallest absolute Gasteiger partial charge is 0.285 e. The molecule has 0 saturated heterocycles. The maximum Gasteiger partial charge on any atom is 0.397 e. The number of nitro benzene ring substituents is 1. The van der Waals surface area contributed by atoms with Crippen LogP contribution < -0.4 is 0 Å². The summed E-state index contributed by atoms with van der Waals surface area (Å²) in [5.74, 6) is -2.96. The number of non-ortho nitro benzene ring substituents is 1. The predicted octanol–water partition coefficient (Wildman–Crippen LogP) is 1.74. The second kappa shape index (κ2) is 5.26. The lowest BCUT2D eigenvalue weighted by Crippen LogP contribution is -2.30. The summed E-state index contributed by atoms with van der Waals surface area (Å²) < 4.78 is 0. The van der Waals surface area contributed by atoms with Gasteiger partial charge in [-0.3, -0.25) is 39.9 Å². The molecule has 0 amide bonds. The van der Waals surface area contributed by atoms with Gasteiger partial charge < -0.3 is 0 Å². The largest absolute Gasteiger partial charge is 0.397 e. The molecule has 11 nitrogen and oxygen atoms in total. The van der Waals surface area contributed by atoms with E-state index in [1.165, 1.54) is 18.2 Å². The van der Waals surface area contributed by atoms with Crippen LogP contribution in [0.4, 0.5) is 5.69 Å². The van der Waals surface area contributed by atoms with Crippen LogP contribution in [0.3, 0.4) is 0 Å². The number of Topliss-reactive ketones (excluding diaryl/α,β-unsaturated/α-hetero) is 2. The predicted molar refractivity (Wildman–Crippen MR) is 80.8 cm³/mol. The Morgan fingerprint density at radius 3 is 1.92 bits per heavy atom. The minimum absolute atomic E-state index is 0.164. The SMILES string of the molecule is O=C1C(=O)c2ccc3cccc([N+](=O)[O-])c3c2C([N+](=O)[O-])=C1[N+](=O)[O-]. The minimum Gasteiger partial charge on any atom is -0.285 e. The summed E-state index contributed by atoms with van der Waals surface area (Å²) in [6.07, 6.45) is 0. The third-order valence-corrected chi connectivity index (χ3v) is 3.71. The molecule has 0 radical (unpaired) electrons. The Bertz CT molecular complexity index is 1070. The van der Waals surface area contributed by atoms with Gasteiger partial charge in [0.15, 0.2) is 0 Å². The van der Waals surface area contributed by atoms with E-state index in [1.54, 1.807) is 0 Å². The summed E-state index contributed by atoms with van der Waals surface area (Å²) in [4.78, 5) is 54.5. The lowest BCUT2D eigenvalue weighted by atomic mass is 9.86. The highest BCUT2D eigenvalue weighted by atomic mass is 16.6. The van der Waals surface area contributed by atoms with Crippen LogP contribution in [0.5, 0.6) is 0 Å². The van der Waals surface area contributed by atoms with E-state index >= 15 is 0 Å². The van der Waals surface area contributed by atoms with Gasteiger partial charge in [-0.05, 0) is 11.5 Å². The fraction of sp³-hybridized carbons (Fsp3) is 0. The summed E-state index contributed by atoms with van der Waals surface area (Å²) in [6.45, 7) is 0. The van der Waals surface area contributed by atoms with Crippen LogP contribution in [-0.4, -0.2) is 26.3 Å². The monoisotopic (exact) mass is 343 g/mol. The minimum atomic E-state index is -1.64. The van der Waals surface area contributed by atoms with Crippen molar-refractivity contribution >= 4 is 33.7 Å². The Balaban J connectivity index is 2.63. The molecule has 2 aromatic rings. The van der Waals surface area contributed by atoms with Crippen LogP contribution in [0.2, 0.25) is 0 Å². The molecular formula is C14H5N3O8. The van der Waals surface area contributed by atoms with Gasteiger partial charge >= 0.3 is 17.2 Å². The van der Waals surface area contributed by atoms with Crippen LogP contribution in [-0.2, 0) is 4.79 Å². The van der Waals surface area contributed by atoms with Crippen molar-refractivity contribution in [2.45, 2.75) is 0 Å². The number of fused-ring (bicyclic) bond motifs is 3. The molecule has 1 aliphatic rings. The van der Waals surface area contributed by atoms with Gasteiger partial charge in [0.2, 0.25) is 5.78 Å². The van der Waals surface area contributed by atoms with Crippen molar-refractivity contribution in [2.75, 3.05) is 0 Å². The quantitative estimate of drug-likeness (QED) is 0.462. The summed E-state index contributed by atoms with van der Waals surface area (Å²) in [6, 6.07) is 6.13. The number of benzene rings is 2. The average molecular weight is 343 g/mol. The number of hydrogen-bond acceptors (Lipinski definition) is 8. The molecule has 0 bridgehead atoms. The van der Waals surface area contributed by atoms with Crippen LogP contribution in [0, 0.1) is 30.3 Å². The molecule has 3 rings (SSSR count). The summed E-state index contributed by atoms with van der Waals surface area (Å²) in [7, 11) is 0. The molecule has 1 aliphatic carbocycles. The third kappa shape index (κ3) is 2.14. The summed E-state index contributed by atoms with van der Waals surface area (Å²) >= 11 is 0. The topological polar surface area (TPSA) is 164 Å². The fourth-order valence-electron chi connectivity index (χ4n) is 2.75. The second-order valence-corrected chi connectivity index (χ2v) is 4.99. The number of nitrogens with zero attached hydrogens (tertiary/aromatic N) is 3. The molecule has 0 aliphatic heterocycles. The summed E-state index contributed by atoms with van der Waals surface area (Å²) in [5.41, 5.74) is -4.38. The fourth-order valence-corrected chi connectivity index (χ4v) is 2.75. The molecule has 2 aromatic carbocycles. The van der Waals surface area contributed by atoms with Gasteiger partial charge in [-0.2, -0.15) is 0 Å². The van der Waals surface area contributed by atoms with E-state index in [4.69, 9.17) is 0 Å². The van der Waals surface area contributed by atoms with Gasteiger partial charge in [0, 0.05) is 11.6 Å². The molecule has 0 saturated carbocycles. The van der Waals surface area contributed by atoms with Crippen LogP contribution >= 0.6 is 0 Å². The number of carbonyl (C=O) groups excluding carboxylic acids is 2. The molecule has 0 spiro atoms. The van der Waals surface area contributed by atoms with E-state index in [9.17, 15) is 39.9 Å². The highest BCUT2D eigenvalue weighted by Crippen LogP contribution is 2.39. The number of ketones is 2. The first-order chi connectivity index (χ1) is 11.8. The molecule has 11 heteroatoms. The van der Waals surface area contributed by atoms with Crippen molar-refractivity contribution in [2.24, 2.45) is 0 Å². The zero-order valence-corrected chi connectivity index (χ0v) is 12.0. The van der Waals surface area contributed by atoms with Crippen molar-refractivity contribution in [1.82, 2.24) is 0 Å². The van der Waals surface area contributed by atoms with Crippen molar-refractivity contribution in [3.8, 4) is 0 Å². The van der Waals surface area contributed by atoms with E-state index < -0.39 is 54.5 Å². The Labute approximate surface area is 136 Å². The van der Waals surface area contributed by atoms with E-state index in [0.29, 0.717) is 0 Å². The Hall–Kier alpha value is -4.02. The van der Waals surface area contributed by atoms with Gasteiger partial charge in [0.05, 0.1) is 25.7 Å². The highest BCUT2D eigenvalue weighted by Gasteiger charge is 2.48. The van der Waals surface area contributed by atoms with E-state index in [2.05, 4.69) is 0 Å². The molecule has 0 N–H and O–H groups in total. The van der Waals surface area contributed by atoms with Gasteiger partial charge in [-0.15, -0.1) is 0 Å². The van der Waals surface area contributed by atoms with Gasteiger partial charge in [-0.25, -0.2) is 0 Å². The van der Waals surface area contributed by atoms with Gasteiger partial charge in [0.25, 0.3) is 5.69 Å². The Morgan fingerprint density at radius 1 is 0.720 bits per heavy atom.